The van der Waals surface area contributed by atoms with Crippen molar-refractivity contribution in [2.45, 2.75) is 5.60 Å². The van der Waals surface area contributed by atoms with E-state index in [1.165, 1.54) is 0 Å². The van der Waals surface area contributed by atoms with Gasteiger partial charge in [-0.3, -0.25) is 0 Å². The molecular weight excluding hydrogens is 410 g/mol. The van der Waals surface area contributed by atoms with Gasteiger partial charge in [0.05, 0.1) is 22.7 Å². The average molecular weight is 429 g/mol. The fraction of sp³-hybridized carbons (Fsp3) is 0.0357. The number of aromatic nitrogens is 3. The molecule has 3 aromatic carbocycles. The Balaban J connectivity index is 1.49. The number of fused-ring (bicyclic) bond motifs is 3. The molecule has 33 heavy (non-hydrogen) atoms. The number of hydrogen-bond donors (Lipinski definition) is 3. The van der Waals surface area contributed by atoms with Gasteiger partial charge in [-0.05, 0) is 53.2 Å². The van der Waals surface area contributed by atoms with Gasteiger partial charge in [0.25, 0.3) is 0 Å². The number of nitrogens with one attached hydrogen (secondary N) is 3. The lowest BCUT2D eigenvalue weighted by Gasteiger charge is -2.24. The molecule has 3 N–H and O–H groups in total. The summed E-state index contributed by atoms with van der Waals surface area (Å²) < 4.78 is 6.23. The van der Waals surface area contributed by atoms with Crippen LogP contribution >= 0.6 is 0 Å². The van der Waals surface area contributed by atoms with E-state index in [1.54, 1.807) is 0 Å². The molecule has 0 spiro atoms. The first kappa shape index (κ1) is 18.1. The molecule has 3 aromatic heterocycles. The van der Waals surface area contributed by atoms with Crippen LogP contribution in [0.2, 0.25) is 0 Å². The van der Waals surface area contributed by atoms with Gasteiger partial charge < -0.3 is 19.7 Å². The summed E-state index contributed by atoms with van der Waals surface area (Å²) in [5, 5.41) is 3.17. The van der Waals surface area contributed by atoms with Gasteiger partial charge in [0, 0.05) is 21.9 Å². The highest BCUT2D eigenvalue weighted by Gasteiger charge is 2.46. The quantitative estimate of drug-likeness (QED) is 0.301. The van der Waals surface area contributed by atoms with E-state index in [0.29, 0.717) is 5.57 Å². The summed E-state index contributed by atoms with van der Waals surface area (Å²) in [4.78, 5) is 23.7. The Hall–Kier alpha value is -4.51. The molecule has 158 valence electrons. The Bertz CT molecular complexity index is 1560. The smallest absolute Gasteiger partial charge is 0.341 e. The molecule has 0 unspecified atom stereocenters. The number of para-hydroxylation sites is 3. The van der Waals surface area contributed by atoms with Crippen molar-refractivity contribution in [1.29, 1.82) is 0 Å². The lowest BCUT2D eigenvalue weighted by atomic mass is 9.93. The number of aromatic amines is 3. The molecular formula is C28H19N3O2. The van der Waals surface area contributed by atoms with Gasteiger partial charge in [0.2, 0.25) is 5.60 Å². The molecule has 0 aliphatic carbocycles. The van der Waals surface area contributed by atoms with Crippen LogP contribution in [0, 0.1) is 0 Å². The van der Waals surface area contributed by atoms with Crippen molar-refractivity contribution < 1.29 is 9.53 Å². The Kier molecular flexibility index (Phi) is 3.56. The van der Waals surface area contributed by atoms with E-state index < -0.39 is 5.60 Å². The zero-order chi connectivity index (χ0) is 22.0. The Morgan fingerprint density at radius 2 is 1.09 bits per heavy atom. The number of hydrogen-bond acceptors (Lipinski definition) is 2. The maximum absolute atomic E-state index is 13.3. The number of benzene rings is 3. The second kappa shape index (κ2) is 6.50. The van der Waals surface area contributed by atoms with E-state index in [4.69, 9.17) is 4.74 Å². The number of carbonyl (C=O) groups is 1. The highest BCUT2D eigenvalue weighted by molar-refractivity contribution is 6.19. The van der Waals surface area contributed by atoms with Crippen molar-refractivity contribution in [3.63, 3.8) is 0 Å². The minimum Gasteiger partial charge on any atom is -0.438 e. The van der Waals surface area contributed by atoms with Crippen LogP contribution in [0.5, 0.6) is 0 Å². The SMILES string of the molecule is O=C1OC(c2cc3ccccc3[nH]2)(c2cc3ccccc3[nH]2)C=C1c1cc2ccccc2[nH]1. The van der Waals surface area contributed by atoms with Crippen molar-refractivity contribution >= 4 is 44.3 Å². The molecule has 0 saturated heterocycles. The Labute approximate surface area is 188 Å². The lowest BCUT2D eigenvalue weighted by molar-refractivity contribution is -0.143. The predicted molar refractivity (Wildman–Crippen MR) is 130 cm³/mol. The third-order valence-corrected chi connectivity index (χ3v) is 6.50. The molecule has 0 fully saturated rings. The van der Waals surface area contributed by atoms with E-state index in [9.17, 15) is 4.79 Å². The van der Waals surface area contributed by atoms with Crippen molar-refractivity contribution in [1.82, 2.24) is 15.0 Å². The van der Waals surface area contributed by atoms with Crippen molar-refractivity contribution in [2.75, 3.05) is 0 Å². The maximum Gasteiger partial charge on any atom is 0.341 e. The number of H-pyrrole nitrogens is 3. The number of ether oxygens (including phenoxy) is 1. The van der Waals surface area contributed by atoms with Crippen LogP contribution in [0.3, 0.4) is 0 Å². The molecule has 0 atom stereocenters. The van der Waals surface area contributed by atoms with Crippen molar-refractivity contribution in [2.24, 2.45) is 0 Å². The minimum atomic E-state index is -1.10. The normalized spacial score (nSPS) is 15.4. The molecule has 4 heterocycles. The van der Waals surface area contributed by atoms with Gasteiger partial charge >= 0.3 is 5.97 Å². The average Bonchev–Trinajstić information content (AvgIpc) is 3.61. The topological polar surface area (TPSA) is 73.7 Å². The molecule has 0 radical (unpaired) electrons. The summed E-state index contributed by atoms with van der Waals surface area (Å²) in [5.74, 6) is -0.362. The summed E-state index contributed by atoms with van der Waals surface area (Å²) in [6.45, 7) is 0. The van der Waals surface area contributed by atoms with Crippen LogP contribution in [0.15, 0.2) is 97.1 Å². The molecule has 0 bridgehead atoms. The number of rotatable bonds is 3. The van der Waals surface area contributed by atoms with Gasteiger partial charge in [-0.15, -0.1) is 0 Å². The Morgan fingerprint density at radius 3 is 1.61 bits per heavy atom. The summed E-state index contributed by atoms with van der Waals surface area (Å²) in [7, 11) is 0. The number of carbonyl (C=O) groups excluding carboxylic acids is 1. The van der Waals surface area contributed by atoms with E-state index in [-0.39, 0.29) is 5.97 Å². The van der Waals surface area contributed by atoms with Gasteiger partial charge in [0.15, 0.2) is 0 Å². The molecule has 6 aromatic rings. The second-order valence-corrected chi connectivity index (χ2v) is 8.49. The summed E-state index contributed by atoms with van der Waals surface area (Å²) in [5.41, 5.74) is 4.73. The van der Waals surface area contributed by atoms with Crippen molar-refractivity contribution in [3.8, 4) is 0 Å². The van der Waals surface area contributed by atoms with E-state index in [0.717, 1.165) is 49.8 Å². The van der Waals surface area contributed by atoms with Crippen LogP contribution in [0.4, 0.5) is 0 Å². The van der Waals surface area contributed by atoms with E-state index in [2.05, 4.69) is 27.1 Å². The molecule has 5 heteroatoms. The van der Waals surface area contributed by atoms with Crippen LogP contribution in [-0.2, 0) is 15.1 Å². The monoisotopic (exact) mass is 429 g/mol. The molecule has 1 aliphatic rings. The maximum atomic E-state index is 13.3. The van der Waals surface area contributed by atoms with Crippen LogP contribution in [0.1, 0.15) is 17.1 Å². The van der Waals surface area contributed by atoms with Gasteiger partial charge in [0.1, 0.15) is 0 Å². The number of esters is 1. The second-order valence-electron chi connectivity index (χ2n) is 8.49. The summed E-state index contributed by atoms with van der Waals surface area (Å²) >= 11 is 0. The highest BCUT2D eigenvalue weighted by Crippen LogP contribution is 2.44. The van der Waals surface area contributed by atoms with Gasteiger partial charge in [-0.1, -0.05) is 54.6 Å². The summed E-state index contributed by atoms with van der Waals surface area (Å²) in [6.07, 6.45) is 1.93. The van der Waals surface area contributed by atoms with Crippen LogP contribution in [-0.4, -0.2) is 20.9 Å². The predicted octanol–water partition coefficient (Wildman–Crippen LogP) is 6.01. The van der Waals surface area contributed by atoms with Crippen LogP contribution in [0.25, 0.3) is 38.3 Å². The first-order chi connectivity index (χ1) is 16.2. The molecule has 1 aliphatic heterocycles. The Morgan fingerprint density at radius 1 is 0.606 bits per heavy atom. The first-order valence-corrected chi connectivity index (χ1v) is 10.9. The van der Waals surface area contributed by atoms with E-state index >= 15 is 0 Å². The zero-order valence-electron chi connectivity index (χ0n) is 17.6. The highest BCUT2D eigenvalue weighted by atomic mass is 16.6. The third-order valence-electron chi connectivity index (χ3n) is 6.50. The van der Waals surface area contributed by atoms with E-state index in [1.807, 2.05) is 84.9 Å². The molecule has 0 amide bonds. The molecule has 0 saturated carbocycles. The van der Waals surface area contributed by atoms with Gasteiger partial charge in [-0.25, -0.2) is 4.79 Å². The standard InChI is InChI=1S/C28H19N3O2/c32-27-20(24-13-17-7-1-4-10-21(17)29-24)16-28(33-27,25-14-18-8-2-5-11-22(18)30-25)26-15-19-9-3-6-12-23(19)31-26/h1-16,29-31H. The molecule has 5 nitrogen and oxygen atoms in total. The first-order valence-electron chi connectivity index (χ1n) is 10.9. The lowest BCUT2D eigenvalue weighted by Crippen LogP contribution is -2.28. The van der Waals surface area contributed by atoms with Gasteiger partial charge in [-0.2, -0.15) is 0 Å². The largest absolute Gasteiger partial charge is 0.438 e. The molecule has 7 rings (SSSR count). The number of cyclic esters (lactones) is 1. The summed E-state index contributed by atoms with van der Waals surface area (Å²) in [6, 6.07) is 30.2. The third kappa shape index (κ3) is 2.62. The van der Waals surface area contributed by atoms with Crippen molar-refractivity contribution in [3.05, 3.63) is 114 Å². The van der Waals surface area contributed by atoms with Crippen LogP contribution < -0.4 is 0 Å². The fourth-order valence-corrected chi connectivity index (χ4v) is 4.86. The fourth-order valence-electron chi connectivity index (χ4n) is 4.86. The zero-order valence-corrected chi connectivity index (χ0v) is 17.6. The minimum absolute atomic E-state index is 0.362.